The highest BCUT2D eigenvalue weighted by atomic mass is 32.2. The quantitative estimate of drug-likeness (QED) is 0.650. The van der Waals surface area contributed by atoms with Gasteiger partial charge in [0.1, 0.15) is 17.3 Å². The van der Waals surface area contributed by atoms with Gasteiger partial charge in [-0.2, -0.15) is 17.6 Å². The lowest BCUT2D eigenvalue weighted by Gasteiger charge is -2.06. The molecule has 0 aliphatic rings. The predicted molar refractivity (Wildman–Crippen MR) is 93.9 cm³/mol. The van der Waals surface area contributed by atoms with Crippen LogP contribution in [0.15, 0.2) is 59.8 Å². The molecule has 1 N–H and O–H groups in total. The molecule has 0 amide bonds. The number of halogens is 1. The van der Waals surface area contributed by atoms with Gasteiger partial charge in [0.25, 0.3) is 10.0 Å². The summed E-state index contributed by atoms with van der Waals surface area (Å²) in [6.45, 7) is 2.26. The Labute approximate surface area is 154 Å². The molecule has 0 unspecified atom stereocenters. The standard InChI is InChI=1S/C18H15FN2O5S/c1-2-26-14-4-6-15(7-5-14)27(24,25)21-11-12(10-20-21)18(23)16-9-13(19)3-8-17(16)22/h3-11,22H,2H2,1H3. The highest BCUT2D eigenvalue weighted by Crippen LogP contribution is 2.23. The molecule has 9 heteroatoms. The fourth-order valence-corrected chi connectivity index (χ4v) is 3.50. The number of ketones is 1. The van der Waals surface area contributed by atoms with E-state index < -0.39 is 27.4 Å². The molecule has 2 aromatic carbocycles. The zero-order valence-electron chi connectivity index (χ0n) is 14.2. The molecule has 0 aliphatic heterocycles. The molecule has 0 bridgehead atoms. The molecule has 0 fully saturated rings. The third kappa shape index (κ3) is 3.68. The van der Waals surface area contributed by atoms with Crippen molar-refractivity contribution in [2.45, 2.75) is 11.8 Å². The van der Waals surface area contributed by atoms with Gasteiger partial charge in [-0.1, -0.05) is 0 Å². The van der Waals surface area contributed by atoms with Crippen LogP contribution >= 0.6 is 0 Å². The predicted octanol–water partition coefficient (Wildman–Crippen LogP) is 2.59. The number of rotatable bonds is 6. The molecule has 1 heterocycles. The summed E-state index contributed by atoms with van der Waals surface area (Å²) >= 11 is 0. The number of benzene rings is 2. The van der Waals surface area contributed by atoms with Gasteiger partial charge in [0.15, 0.2) is 5.78 Å². The second kappa shape index (κ2) is 7.20. The van der Waals surface area contributed by atoms with Crippen LogP contribution in [0.5, 0.6) is 11.5 Å². The first-order valence-electron chi connectivity index (χ1n) is 7.89. The first-order valence-corrected chi connectivity index (χ1v) is 9.33. The maximum absolute atomic E-state index is 13.3. The number of hydrogen-bond acceptors (Lipinski definition) is 6. The second-order valence-electron chi connectivity index (χ2n) is 5.50. The van der Waals surface area contributed by atoms with Gasteiger partial charge >= 0.3 is 0 Å². The Morgan fingerprint density at radius 2 is 1.93 bits per heavy atom. The fraction of sp³-hybridized carbons (Fsp3) is 0.111. The van der Waals surface area contributed by atoms with E-state index in [9.17, 15) is 22.7 Å². The van der Waals surface area contributed by atoms with E-state index in [1.54, 1.807) is 0 Å². The van der Waals surface area contributed by atoms with Crippen LogP contribution < -0.4 is 4.74 Å². The molecule has 0 radical (unpaired) electrons. The first kappa shape index (κ1) is 18.6. The van der Waals surface area contributed by atoms with Crippen molar-refractivity contribution in [3.05, 3.63) is 71.8 Å². The van der Waals surface area contributed by atoms with Crippen LogP contribution in [0.25, 0.3) is 0 Å². The van der Waals surface area contributed by atoms with Crippen molar-refractivity contribution >= 4 is 15.8 Å². The Morgan fingerprint density at radius 1 is 1.22 bits per heavy atom. The zero-order chi connectivity index (χ0) is 19.6. The molecule has 1 aromatic heterocycles. The third-order valence-electron chi connectivity index (χ3n) is 3.70. The molecule has 0 atom stereocenters. The van der Waals surface area contributed by atoms with Crippen LogP contribution in [-0.2, 0) is 10.0 Å². The van der Waals surface area contributed by atoms with Crippen LogP contribution in [0.2, 0.25) is 0 Å². The lowest BCUT2D eigenvalue weighted by atomic mass is 10.1. The number of carbonyl (C=O) groups is 1. The minimum absolute atomic E-state index is 0.0401. The maximum atomic E-state index is 13.3. The summed E-state index contributed by atoms with van der Waals surface area (Å²) in [5.41, 5.74) is -0.390. The van der Waals surface area contributed by atoms with Gasteiger partial charge in [0.2, 0.25) is 0 Å². The summed E-state index contributed by atoms with van der Waals surface area (Å²) in [5.74, 6) is -1.34. The summed E-state index contributed by atoms with van der Waals surface area (Å²) < 4.78 is 44.5. The summed E-state index contributed by atoms with van der Waals surface area (Å²) in [6.07, 6.45) is 2.05. The summed E-state index contributed by atoms with van der Waals surface area (Å²) in [5, 5.41) is 13.5. The number of ether oxygens (including phenoxy) is 1. The molecule has 0 aliphatic carbocycles. The smallest absolute Gasteiger partial charge is 0.282 e. The number of phenolic OH excluding ortho intramolecular Hbond substituents is 1. The van der Waals surface area contributed by atoms with E-state index >= 15 is 0 Å². The molecule has 27 heavy (non-hydrogen) atoms. The molecule has 140 valence electrons. The largest absolute Gasteiger partial charge is 0.507 e. The molecule has 3 aromatic rings. The Hall–Kier alpha value is -3.20. The van der Waals surface area contributed by atoms with Gasteiger partial charge in [-0.05, 0) is 49.4 Å². The Balaban J connectivity index is 1.92. The normalized spacial score (nSPS) is 11.3. The van der Waals surface area contributed by atoms with E-state index in [1.165, 1.54) is 24.3 Å². The van der Waals surface area contributed by atoms with E-state index in [1.807, 2.05) is 6.92 Å². The van der Waals surface area contributed by atoms with Crippen molar-refractivity contribution in [3.63, 3.8) is 0 Å². The second-order valence-corrected chi connectivity index (χ2v) is 7.30. The van der Waals surface area contributed by atoms with Crippen LogP contribution in [-0.4, -0.2) is 35.1 Å². The highest BCUT2D eigenvalue weighted by molar-refractivity contribution is 7.89. The third-order valence-corrected chi connectivity index (χ3v) is 5.26. The Bertz CT molecular complexity index is 1090. The van der Waals surface area contributed by atoms with Gasteiger partial charge in [-0.3, -0.25) is 4.79 Å². The van der Waals surface area contributed by atoms with Crippen LogP contribution in [0.1, 0.15) is 22.8 Å². The fourth-order valence-electron chi connectivity index (χ4n) is 2.38. The number of phenols is 1. The molecule has 3 rings (SSSR count). The lowest BCUT2D eigenvalue weighted by molar-refractivity contribution is 0.103. The average Bonchev–Trinajstić information content (AvgIpc) is 3.15. The molecule has 0 spiro atoms. The van der Waals surface area contributed by atoms with Crippen LogP contribution in [0, 0.1) is 5.82 Å². The van der Waals surface area contributed by atoms with Crippen molar-refractivity contribution < 1.29 is 27.4 Å². The Morgan fingerprint density at radius 3 is 2.59 bits per heavy atom. The number of aromatic nitrogens is 2. The van der Waals surface area contributed by atoms with Gasteiger partial charge in [-0.25, -0.2) is 4.39 Å². The monoisotopic (exact) mass is 390 g/mol. The van der Waals surface area contributed by atoms with Gasteiger partial charge in [0.05, 0.1) is 35.0 Å². The minimum Gasteiger partial charge on any atom is -0.507 e. The highest BCUT2D eigenvalue weighted by Gasteiger charge is 2.22. The summed E-state index contributed by atoms with van der Waals surface area (Å²) in [6, 6.07) is 8.67. The summed E-state index contributed by atoms with van der Waals surface area (Å²) in [7, 11) is -4.02. The van der Waals surface area contributed by atoms with E-state index in [-0.39, 0.29) is 16.0 Å². The molecule has 0 saturated carbocycles. The van der Waals surface area contributed by atoms with Crippen LogP contribution in [0.4, 0.5) is 4.39 Å². The number of nitrogens with zero attached hydrogens (tertiary/aromatic N) is 2. The maximum Gasteiger partial charge on any atom is 0.282 e. The number of aromatic hydroxyl groups is 1. The van der Waals surface area contributed by atoms with Crippen molar-refractivity contribution in [2.24, 2.45) is 0 Å². The number of hydrogen-bond donors (Lipinski definition) is 1. The van der Waals surface area contributed by atoms with Crippen molar-refractivity contribution in [2.75, 3.05) is 6.61 Å². The first-order chi connectivity index (χ1) is 12.8. The molecule has 0 saturated heterocycles. The number of carbonyl (C=O) groups excluding carboxylic acids is 1. The molecule has 7 nitrogen and oxygen atoms in total. The van der Waals surface area contributed by atoms with E-state index in [0.717, 1.165) is 30.6 Å². The average molecular weight is 390 g/mol. The summed E-state index contributed by atoms with van der Waals surface area (Å²) in [4.78, 5) is 12.4. The van der Waals surface area contributed by atoms with E-state index in [4.69, 9.17) is 4.74 Å². The van der Waals surface area contributed by atoms with Crippen molar-refractivity contribution in [1.29, 1.82) is 0 Å². The van der Waals surface area contributed by atoms with Gasteiger partial charge < -0.3 is 9.84 Å². The van der Waals surface area contributed by atoms with Crippen molar-refractivity contribution in [1.82, 2.24) is 9.19 Å². The van der Waals surface area contributed by atoms with Crippen molar-refractivity contribution in [3.8, 4) is 11.5 Å². The Kier molecular flexibility index (Phi) is 4.95. The molecular weight excluding hydrogens is 375 g/mol. The topological polar surface area (TPSA) is 98.5 Å². The minimum atomic E-state index is -4.02. The van der Waals surface area contributed by atoms with Gasteiger partial charge in [0, 0.05) is 0 Å². The zero-order valence-corrected chi connectivity index (χ0v) is 15.0. The van der Waals surface area contributed by atoms with E-state index in [2.05, 4.69) is 5.10 Å². The van der Waals surface area contributed by atoms with E-state index in [0.29, 0.717) is 16.4 Å². The molecular formula is C18H15FN2O5S. The SMILES string of the molecule is CCOc1ccc(S(=O)(=O)n2cc(C(=O)c3cc(F)ccc3O)cn2)cc1. The van der Waals surface area contributed by atoms with Gasteiger partial charge in [-0.15, -0.1) is 0 Å². The lowest BCUT2D eigenvalue weighted by Crippen LogP contribution is -2.13. The van der Waals surface area contributed by atoms with Crippen LogP contribution in [0.3, 0.4) is 0 Å².